The molecule has 16 rings (SSSR count). The number of para-hydroxylation sites is 2. The molecule has 8 aliphatic rings. The number of hydrogen-bond donors (Lipinski definition) is 0. The van der Waals surface area contributed by atoms with Crippen LogP contribution in [0.25, 0.3) is 0 Å². The van der Waals surface area contributed by atoms with E-state index in [0.717, 1.165) is 6.42 Å². The fraction of sp³-hybridized carbons (Fsp3) is 0.368. The van der Waals surface area contributed by atoms with Gasteiger partial charge in [-0.05, 0) is 222 Å². The highest BCUT2D eigenvalue weighted by Crippen LogP contribution is 2.64. The number of benzene rings is 8. The first-order valence-corrected chi connectivity index (χ1v) is 31.4. The summed E-state index contributed by atoms with van der Waals surface area (Å²) in [5.41, 5.74) is 34.7. The lowest BCUT2D eigenvalue weighted by Crippen LogP contribution is -2.64. The van der Waals surface area contributed by atoms with Gasteiger partial charge in [0.05, 0.1) is 11.1 Å². The van der Waals surface area contributed by atoms with Crippen LogP contribution >= 0.6 is 0 Å². The van der Waals surface area contributed by atoms with Gasteiger partial charge in [0.15, 0.2) is 0 Å². The Labute approximate surface area is 490 Å². The SMILES string of the molecule is Cc1ccc2c(c1)N(c1cc(C(C)(C)C)cc(C(C)(C)Cc3ccc4c(c3)B3c5cccc6c5N(c5cc(C)cc(c53)N4c3ccccc3)C3(C)CCCCC63C)c1)c1cc(C)cc3c1B2c1cc(C)cc2c1N3C1(C)CCCCC21C. The summed E-state index contributed by atoms with van der Waals surface area (Å²) in [6.07, 6.45) is 10.9. The molecule has 0 aromatic heterocycles. The van der Waals surface area contributed by atoms with Crippen LogP contribution in [-0.2, 0) is 28.1 Å². The van der Waals surface area contributed by atoms with Crippen LogP contribution in [0.15, 0.2) is 140 Å². The summed E-state index contributed by atoms with van der Waals surface area (Å²) < 4.78 is 0. The summed E-state index contributed by atoms with van der Waals surface area (Å²) >= 11 is 0. The van der Waals surface area contributed by atoms with E-state index in [1.54, 1.807) is 11.1 Å². The van der Waals surface area contributed by atoms with Gasteiger partial charge in [-0.2, -0.15) is 0 Å². The smallest absolute Gasteiger partial charge is 0.252 e. The minimum absolute atomic E-state index is 0.00612. The predicted octanol–water partition coefficient (Wildman–Crippen LogP) is 15.4. The van der Waals surface area contributed by atoms with Crippen molar-refractivity contribution < 1.29 is 0 Å². The molecule has 6 aliphatic heterocycles. The third-order valence-electron chi connectivity index (χ3n) is 23.1. The second kappa shape index (κ2) is 16.7. The number of anilines is 10. The highest BCUT2D eigenvalue weighted by Gasteiger charge is 2.63. The fourth-order valence-corrected chi connectivity index (χ4v) is 18.6. The number of fused-ring (bicyclic) bond motifs is 14. The van der Waals surface area contributed by atoms with E-state index in [2.05, 4.69) is 249 Å². The van der Waals surface area contributed by atoms with Gasteiger partial charge < -0.3 is 19.6 Å². The zero-order chi connectivity index (χ0) is 56.5. The molecule has 0 spiro atoms. The fourth-order valence-electron chi connectivity index (χ4n) is 18.6. The Bertz CT molecular complexity index is 4110. The molecule has 2 saturated carbocycles. The topological polar surface area (TPSA) is 13.0 Å². The van der Waals surface area contributed by atoms with E-state index < -0.39 is 0 Å². The summed E-state index contributed by atoms with van der Waals surface area (Å²) in [6.45, 7) is 32.2. The van der Waals surface area contributed by atoms with Gasteiger partial charge in [0.2, 0.25) is 0 Å². The normalized spacial score (nSPS) is 23.9. The first-order chi connectivity index (χ1) is 39.1. The Morgan fingerprint density at radius 1 is 0.415 bits per heavy atom. The molecule has 6 heteroatoms. The minimum atomic E-state index is -0.226. The van der Waals surface area contributed by atoms with Gasteiger partial charge in [0.1, 0.15) is 0 Å². The van der Waals surface area contributed by atoms with Gasteiger partial charge in [0, 0.05) is 67.7 Å². The first-order valence-electron chi connectivity index (χ1n) is 31.4. The van der Waals surface area contributed by atoms with E-state index in [-0.39, 0.29) is 46.2 Å². The van der Waals surface area contributed by atoms with E-state index in [1.807, 2.05) is 0 Å². The molecular formula is C76H80B2N4. The lowest BCUT2D eigenvalue weighted by atomic mass is 9.33. The Kier molecular flexibility index (Phi) is 10.3. The van der Waals surface area contributed by atoms with Crippen molar-refractivity contribution >= 4 is 103 Å². The Balaban J connectivity index is 0.861. The molecule has 0 bridgehead atoms. The Morgan fingerprint density at radius 3 is 1.63 bits per heavy atom. The van der Waals surface area contributed by atoms with Crippen molar-refractivity contribution in [1.29, 1.82) is 0 Å². The van der Waals surface area contributed by atoms with Crippen LogP contribution in [0.1, 0.15) is 164 Å². The maximum atomic E-state index is 2.88. The summed E-state index contributed by atoms with van der Waals surface area (Å²) in [6, 6.07) is 56.5. The van der Waals surface area contributed by atoms with E-state index in [1.165, 1.54) is 180 Å². The van der Waals surface area contributed by atoms with E-state index in [9.17, 15) is 0 Å². The molecule has 0 amide bonds. The van der Waals surface area contributed by atoms with E-state index in [0.29, 0.717) is 0 Å². The molecule has 4 unspecified atom stereocenters. The monoisotopic (exact) mass is 1070 g/mol. The van der Waals surface area contributed by atoms with Crippen molar-refractivity contribution in [3.63, 3.8) is 0 Å². The first kappa shape index (κ1) is 50.8. The predicted molar refractivity (Wildman–Crippen MR) is 352 cm³/mol. The molecule has 0 radical (unpaired) electrons. The van der Waals surface area contributed by atoms with Crippen molar-refractivity contribution in [2.75, 3.05) is 19.6 Å². The standard InChI is InChI=1S/C76H80B2N4/c1-46-26-28-57-62(36-46)80(64-38-49(4)39-65-67(64)77(57)60-35-47(2)34-56-70(60)82(65)76(13)33-20-18-31-74(56,76)11)54-43-51(71(5,6)7)42-52(44-54)72(8,9)45-50-27-29-61-59(41-50)78-58-25-21-24-55-69(58)81(75(12)32-19-17-30-73(55,75)10)66-40-48(3)37-63(68(66)78)79(61)53-22-15-14-16-23-53/h14-16,21-29,34-44H,17-20,30-33,45H2,1-13H3. The van der Waals surface area contributed by atoms with Crippen LogP contribution in [-0.4, -0.2) is 24.5 Å². The van der Waals surface area contributed by atoms with Crippen LogP contribution in [0, 0.1) is 27.7 Å². The highest BCUT2D eigenvalue weighted by atomic mass is 15.3. The minimum Gasteiger partial charge on any atom is -0.335 e. The van der Waals surface area contributed by atoms with Gasteiger partial charge in [0.25, 0.3) is 13.4 Å². The summed E-state index contributed by atoms with van der Waals surface area (Å²) in [4.78, 5) is 11.1. The lowest BCUT2D eigenvalue weighted by molar-refractivity contribution is 0.195. The van der Waals surface area contributed by atoms with Crippen molar-refractivity contribution in [3.8, 4) is 0 Å². The van der Waals surface area contributed by atoms with Crippen LogP contribution < -0.4 is 52.4 Å². The maximum absolute atomic E-state index is 2.88. The maximum Gasteiger partial charge on any atom is 0.252 e. The van der Waals surface area contributed by atoms with Gasteiger partial charge in [-0.15, -0.1) is 0 Å². The average Bonchev–Trinajstić information content (AvgIpc) is 1.53. The van der Waals surface area contributed by atoms with Gasteiger partial charge in [-0.25, -0.2) is 0 Å². The summed E-state index contributed by atoms with van der Waals surface area (Å²) in [5.74, 6) is 0. The lowest BCUT2D eigenvalue weighted by Gasteiger charge is -2.53. The van der Waals surface area contributed by atoms with Crippen molar-refractivity contribution in [3.05, 3.63) is 190 Å². The van der Waals surface area contributed by atoms with Crippen LogP contribution in [0.2, 0.25) is 0 Å². The van der Waals surface area contributed by atoms with Gasteiger partial charge >= 0.3 is 0 Å². The third kappa shape index (κ3) is 6.48. The molecule has 0 N–H and O–H groups in total. The number of rotatable bonds is 5. The quantitative estimate of drug-likeness (QED) is 0.159. The van der Waals surface area contributed by atoms with Crippen molar-refractivity contribution in [1.82, 2.24) is 0 Å². The highest BCUT2D eigenvalue weighted by molar-refractivity contribution is 7.01. The Hall–Kier alpha value is -6.91. The number of hydrogen-bond acceptors (Lipinski definition) is 4. The second-order valence-electron chi connectivity index (χ2n) is 29.6. The molecule has 4 nitrogen and oxygen atoms in total. The van der Waals surface area contributed by atoms with Crippen molar-refractivity contribution in [2.24, 2.45) is 0 Å². The average molecular weight is 1070 g/mol. The zero-order valence-electron chi connectivity index (χ0n) is 51.1. The zero-order valence-corrected chi connectivity index (χ0v) is 51.1. The molecule has 410 valence electrons. The number of aryl methyl sites for hydroxylation is 4. The molecule has 0 saturated heterocycles. The van der Waals surface area contributed by atoms with E-state index in [4.69, 9.17) is 0 Å². The van der Waals surface area contributed by atoms with Gasteiger partial charge in [-0.3, -0.25) is 0 Å². The molecule has 8 aromatic carbocycles. The third-order valence-corrected chi connectivity index (χ3v) is 23.1. The molecule has 2 fully saturated rings. The van der Waals surface area contributed by atoms with Crippen LogP contribution in [0.5, 0.6) is 0 Å². The molecule has 6 heterocycles. The summed E-state index contributed by atoms with van der Waals surface area (Å²) in [7, 11) is 0. The van der Waals surface area contributed by atoms with Crippen LogP contribution in [0.4, 0.5) is 56.9 Å². The molecule has 8 aromatic rings. The molecule has 2 aliphatic carbocycles. The summed E-state index contributed by atoms with van der Waals surface area (Å²) in [5, 5.41) is 0. The van der Waals surface area contributed by atoms with Crippen LogP contribution in [0.3, 0.4) is 0 Å². The van der Waals surface area contributed by atoms with Crippen molar-refractivity contribution in [2.45, 2.75) is 181 Å². The molecule has 4 atom stereocenters. The van der Waals surface area contributed by atoms with Gasteiger partial charge in [-0.1, -0.05) is 159 Å². The number of nitrogens with zero attached hydrogens (tertiary/aromatic N) is 4. The molecule has 82 heavy (non-hydrogen) atoms. The molecular weight excluding hydrogens is 990 g/mol. The van der Waals surface area contributed by atoms with E-state index >= 15 is 0 Å². The Morgan fingerprint density at radius 2 is 0.976 bits per heavy atom. The second-order valence-corrected chi connectivity index (χ2v) is 29.6. The largest absolute Gasteiger partial charge is 0.335 e.